The van der Waals surface area contributed by atoms with E-state index in [2.05, 4.69) is 31.3 Å². The third-order valence-corrected chi connectivity index (χ3v) is 3.92. The summed E-state index contributed by atoms with van der Waals surface area (Å²) in [5.74, 6) is 0. The highest BCUT2D eigenvalue weighted by atomic mass is 16.5. The van der Waals surface area contributed by atoms with Gasteiger partial charge >= 0.3 is 0 Å². The first-order valence-electron chi connectivity index (χ1n) is 6.73. The van der Waals surface area contributed by atoms with E-state index < -0.39 is 0 Å². The van der Waals surface area contributed by atoms with Crippen molar-refractivity contribution < 1.29 is 4.74 Å². The second kappa shape index (κ2) is 5.72. The van der Waals surface area contributed by atoms with Gasteiger partial charge in [-0.3, -0.25) is 0 Å². The van der Waals surface area contributed by atoms with Crippen molar-refractivity contribution >= 4 is 5.69 Å². The molecule has 0 aromatic heterocycles. The van der Waals surface area contributed by atoms with Gasteiger partial charge in [0.05, 0.1) is 0 Å². The number of hydrogen-bond donors (Lipinski definition) is 2. The van der Waals surface area contributed by atoms with Crippen LogP contribution >= 0.6 is 0 Å². The Morgan fingerprint density at radius 1 is 1.33 bits per heavy atom. The number of aryl methyl sites for hydroxylation is 1. The van der Waals surface area contributed by atoms with Crippen molar-refractivity contribution in [2.75, 3.05) is 25.5 Å². The Morgan fingerprint density at radius 2 is 2.06 bits per heavy atom. The molecule has 0 spiro atoms. The number of nitrogen functional groups attached to an aromatic ring is 1. The van der Waals surface area contributed by atoms with Crippen molar-refractivity contribution in [3.05, 3.63) is 29.3 Å². The average molecular weight is 248 g/mol. The van der Waals surface area contributed by atoms with E-state index in [9.17, 15) is 0 Å². The summed E-state index contributed by atoms with van der Waals surface area (Å²) in [5, 5.41) is 3.56. The zero-order chi connectivity index (χ0) is 13.0. The SMILES string of the molecule is Cc1cc(CNCC2(C)CCOCC2)ccc1N. The van der Waals surface area contributed by atoms with Crippen LogP contribution in [0.25, 0.3) is 0 Å². The zero-order valence-corrected chi connectivity index (χ0v) is 11.5. The highest BCUT2D eigenvalue weighted by Crippen LogP contribution is 2.28. The molecule has 0 amide bonds. The highest BCUT2D eigenvalue weighted by molar-refractivity contribution is 5.47. The van der Waals surface area contributed by atoms with E-state index in [4.69, 9.17) is 10.5 Å². The van der Waals surface area contributed by atoms with E-state index in [1.165, 1.54) is 5.56 Å². The van der Waals surface area contributed by atoms with E-state index >= 15 is 0 Å². The van der Waals surface area contributed by atoms with Crippen LogP contribution in [0, 0.1) is 12.3 Å². The molecule has 3 N–H and O–H groups in total. The lowest BCUT2D eigenvalue weighted by molar-refractivity contribution is 0.0240. The van der Waals surface area contributed by atoms with Crippen LogP contribution in [0.4, 0.5) is 5.69 Å². The molecule has 0 radical (unpaired) electrons. The standard InChI is InChI=1S/C15H24N2O/c1-12-9-13(3-4-14(12)16)10-17-11-15(2)5-7-18-8-6-15/h3-4,9,17H,5-8,10-11,16H2,1-2H3. The lowest BCUT2D eigenvalue weighted by Gasteiger charge is -2.33. The molecule has 3 heteroatoms. The van der Waals surface area contributed by atoms with Crippen molar-refractivity contribution in [3.8, 4) is 0 Å². The van der Waals surface area contributed by atoms with Crippen molar-refractivity contribution in [2.24, 2.45) is 5.41 Å². The monoisotopic (exact) mass is 248 g/mol. The molecule has 18 heavy (non-hydrogen) atoms. The van der Waals surface area contributed by atoms with Crippen LogP contribution in [-0.4, -0.2) is 19.8 Å². The van der Waals surface area contributed by atoms with Gasteiger partial charge in [0.1, 0.15) is 0 Å². The fraction of sp³-hybridized carbons (Fsp3) is 0.600. The molecule has 1 aromatic rings. The van der Waals surface area contributed by atoms with Gasteiger partial charge in [-0.2, -0.15) is 0 Å². The molecular formula is C15H24N2O. The quantitative estimate of drug-likeness (QED) is 0.805. The van der Waals surface area contributed by atoms with E-state index in [0.29, 0.717) is 5.41 Å². The zero-order valence-electron chi connectivity index (χ0n) is 11.5. The summed E-state index contributed by atoms with van der Waals surface area (Å²) in [4.78, 5) is 0. The van der Waals surface area contributed by atoms with Gasteiger partial charge in [-0.05, 0) is 42.4 Å². The molecule has 1 aliphatic rings. The molecular weight excluding hydrogens is 224 g/mol. The minimum atomic E-state index is 0.390. The van der Waals surface area contributed by atoms with Gasteiger partial charge in [0.15, 0.2) is 0 Å². The Balaban J connectivity index is 1.82. The summed E-state index contributed by atoms with van der Waals surface area (Å²) in [6.07, 6.45) is 2.31. The lowest BCUT2D eigenvalue weighted by Crippen LogP contribution is -2.36. The fourth-order valence-electron chi connectivity index (χ4n) is 2.40. The van der Waals surface area contributed by atoms with Crippen molar-refractivity contribution in [1.29, 1.82) is 0 Å². The van der Waals surface area contributed by atoms with E-state index in [0.717, 1.165) is 50.4 Å². The second-order valence-corrected chi connectivity index (χ2v) is 5.72. The van der Waals surface area contributed by atoms with Crippen LogP contribution in [0.2, 0.25) is 0 Å². The molecule has 0 aliphatic carbocycles. The number of anilines is 1. The van der Waals surface area contributed by atoms with Crippen LogP contribution in [0.15, 0.2) is 18.2 Å². The van der Waals surface area contributed by atoms with Crippen LogP contribution in [0.3, 0.4) is 0 Å². The van der Waals surface area contributed by atoms with E-state index in [1.54, 1.807) is 0 Å². The largest absolute Gasteiger partial charge is 0.399 e. The number of rotatable bonds is 4. The molecule has 100 valence electrons. The summed E-state index contributed by atoms with van der Waals surface area (Å²) < 4.78 is 5.42. The first kappa shape index (κ1) is 13.4. The molecule has 0 unspecified atom stereocenters. The Morgan fingerprint density at radius 3 is 2.72 bits per heavy atom. The summed E-state index contributed by atoms with van der Waals surface area (Å²) in [6.45, 7) is 8.17. The average Bonchev–Trinajstić information content (AvgIpc) is 2.34. The molecule has 1 fully saturated rings. The van der Waals surface area contributed by atoms with Gasteiger partial charge < -0.3 is 15.8 Å². The summed E-state index contributed by atoms with van der Waals surface area (Å²) >= 11 is 0. The lowest BCUT2D eigenvalue weighted by atomic mass is 9.82. The Kier molecular flexibility index (Phi) is 4.25. The maximum absolute atomic E-state index is 5.82. The molecule has 1 aromatic carbocycles. The van der Waals surface area contributed by atoms with Gasteiger partial charge in [0, 0.05) is 32.0 Å². The minimum Gasteiger partial charge on any atom is -0.399 e. The van der Waals surface area contributed by atoms with Crippen molar-refractivity contribution in [3.63, 3.8) is 0 Å². The minimum absolute atomic E-state index is 0.390. The van der Waals surface area contributed by atoms with Gasteiger partial charge in [0.25, 0.3) is 0 Å². The van der Waals surface area contributed by atoms with Crippen molar-refractivity contribution in [1.82, 2.24) is 5.32 Å². The Bertz CT molecular complexity index is 397. The molecule has 0 atom stereocenters. The third kappa shape index (κ3) is 3.47. The second-order valence-electron chi connectivity index (χ2n) is 5.72. The maximum atomic E-state index is 5.82. The molecule has 1 saturated heterocycles. The number of nitrogens with two attached hydrogens (primary N) is 1. The number of nitrogens with one attached hydrogen (secondary N) is 1. The van der Waals surface area contributed by atoms with Gasteiger partial charge in [-0.15, -0.1) is 0 Å². The molecule has 1 heterocycles. The van der Waals surface area contributed by atoms with Crippen molar-refractivity contribution in [2.45, 2.75) is 33.2 Å². The van der Waals surface area contributed by atoms with E-state index in [-0.39, 0.29) is 0 Å². The first-order valence-corrected chi connectivity index (χ1v) is 6.73. The fourth-order valence-corrected chi connectivity index (χ4v) is 2.40. The number of hydrogen-bond acceptors (Lipinski definition) is 3. The summed E-state index contributed by atoms with van der Waals surface area (Å²) in [6, 6.07) is 6.25. The highest BCUT2D eigenvalue weighted by Gasteiger charge is 2.26. The summed E-state index contributed by atoms with van der Waals surface area (Å²) in [5.41, 5.74) is 9.54. The van der Waals surface area contributed by atoms with Crippen LogP contribution in [0.1, 0.15) is 30.9 Å². The maximum Gasteiger partial charge on any atom is 0.0471 e. The Labute approximate surface area is 110 Å². The molecule has 3 nitrogen and oxygen atoms in total. The van der Waals surface area contributed by atoms with Gasteiger partial charge in [0.2, 0.25) is 0 Å². The topological polar surface area (TPSA) is 47.3 Å². The molecule has 0 saturated carbocycles. The Hall–Kier alpha value is -1.06. The number of benzene rings is 1. The third-order valence-electron chi connectivity index (χ3n) is 3.92. The molecule has 2 rings (SSSR count). The summed E-state index contributed by atoms with van der Waals surface area (Å²) in [7, 11) is 0. The van der Waals surface area contributed by atoms with Crippen LogP contribution < -0.4 is 11.1 Å². The molecule has 1 aliphatic heterocycles. The number of ether oxygens (including phenoxy) is 1. The molecule has 0 bridgehead atoms. The predicted molar refractivity (Wildman–Crippen MR) is 75.5 cm³/mol. The predicted octanol–water partition coefficient (Wildman–Crippen LogP) is 2.48. The van der Waals surface area contributed by atoms with Gasteiger partial charge in [-0.1, -0.05) is 19.1 Å². The van der Waals surface area contributed by atoms with E-state index in [1.807, 2.05) is 6.07 Å². The normalized spacial score (nSPS) is 18.8. The first-order chi connectivity index (χ1) is 8.59. The van der Waals surface area contributed by atoms with Crippen LogP contribution in [-0.2, 0) is 11.3 Å². The van der Waals surface area contributed by atoms with Crippen LogP contribution in [0.5, 0.6) is 0 Å². The van der Waals surface area contributed by atoms with Gasteiger partial charge in [-0.25, -0.2) is 0 Å². The smallest absolute Gasteiger partial charge is 0.0471 e.